The molecule has 1 aromatic heterocycles. The predicted octanol–water partition coefficient (Wildman–Crippen LogP) is 2.40. The van der Waals surface area contributed by atoms with E-state index in [4.69, 9.17) is 4.52 Å². The van der Waals surface area contributed by atoms with Crippen molar-refractivity contribution in [2.45, 2.75) is 52.1 Å². The Morgan fingerprint density at radius 2 is 1.96 bits per heavy atom. The van der Waals surface area contributed by atoms with Crippen molar-refractivity contribution >= 4 is 6.03 Å². The lowest BCUT2D eigenvalue weighted by molar-refractivity contribution is 0.114. The zero-order valence-corrected chi connectivity index (χ0v) is 14.8. The van der Waals surface area contributed by atoms with E-state index in [0.717, 1.165) is 70.0 Å². The number of fused-ring (bicyclic) bond motifs is 4. The van der Waals surface area contributed by atoms with Crippen molar-refractivity contribution in [3.8, 4) is 0 Å². The molecule has 5 rings (SSSR count). The second-order valence-electron chi connectivity index (χ2n) is 7.72. The highest BCUT2D eigenvalue weighted by atomic mass is 16.5. The van der Waals surface area contributed by atoms with Gasteiger partial charge >= 0.3 is 6.03 Å². The topological polar surface area (TPSA) is 52.8 Å². The fourth-order valence-corrected chi connectivity index (χ4v) is 4.58. The van der Waals surface area contributed by atoms with E-state index >= 15 is 0 Å². The van der Waals surface area contributed by atoms with E-state index in [-0.39, 0.29) is 6.03 Å². The van der Waals surface area contributed by atoms with E-state index in [1.54, 1.807) is 0 Å². The van der Waals surface area contributed by atoms with Crippen LogP contribution in [0.25, 0.3) is 0 Å². The van der Waals surface area contributed by atoms with Crippen molar-refractivity contribution in [2.75, 3.05) is 32.7 Å². The summed E-state index contributed by atoms with van der Waals surface area (Å²) < 4.78 is 5.32. The molecule has 0 unspecified atom stereocenters. The fourth-order valence-electron chi connectivity index (χ4n) is 4.58. The van der Waals surface area contributed by atoms with Crippen LogP contribution in [-0.2, 0) is 6.54 Å². The number of urea groups is 1. The van der Waals surface area contributed by atoms with Crippen LogP contribution in [0, 0.1) is 19.8 Å². The molecule has 1 aromatic rings. The van der Waals surface area contributed by atoms with E-state index in [1.165, 1.54) is 12.0 Å². The highest BCUT2D eigenvalue weighted by Gasteiger charge is 2.39. The number of hydrogen-bond donors (Lipinski definition) is 0. The van der Waals surface area contributed by atoms with Crippen LogP contribution in [0.1, 0.15) is 42.7 Å². The lowest BCUT2D eigenvalue weighted by Crippen LogP contribution is -2.52. The number of aryl methyl sites for hydroxylation is 2. The Morgan fingerprint density at radius 3 is 2.67 bits per heavy atom. The number of aromatic nitrogens is 1. The number of rotatable bonds is 2. The summed E-state index contributed by atoms with van der Waals surface area (Å²) >= 11 is 0. The van der Waals surface area contributed by atoms with Crippen LogP contribution >= 0.6 is 0 Å². The maximum Gasteiger partial charge on any atom is 0.320 e. The molecule has 132 valence electrons. The van der Waals surface area contributed by atoms with Crippen LogP contribution < -0.4 is 0 Å². The van der Waals surface area contributed by atoms with Crippen LogP contribution in [0.15, 0.2) is 4.52 Å². The summed E-state index contributed by atoms with van der Waals surface area (Å²) in [6.07, 6.45) is 4.70. The summed E-state index contributed by atoms with van der Waals surface area (Å²) in [4.78, 5) is 19.6. The molecule has 0 N–H and O–H groups in total. The molecule has 5 heterocycles. The molecule has 0 aromatic carbocycles. The lowest BCUT2D eigenvalue weighted by atomic mass is 9.95. The standard InChI is InChI=1S/C18H28N4O2/c1-13-17(14(2)24-19-13)12-20-9-15-5-6-16(11-20)22(10-15)18(23)21-7-3-4-8-21/h15-16H,3-12H2,1-2H3/t15-,16+/m0/s1. The Bertz CT molecular complexity index is 589. The first-order chi connectivity index (χ1) is 11.6. The van der Waals surface area contributed by atoms with Gasteiger partial charge in [-0.3, -0.25) is 4.90 Å². The Kier molecular flexibility index (Phi) is 4.24. The summed E-state index contributed by atoms with van der Waals surface area (Å²) in [6.45, 7) is 9.75. The highest BCUT2D eigenvalue weighted by molar-refractivity contribution is 5.75. The molecule has 0 spiro atoms. The van der Waals surface area contributed by atoms with Gasteiger partial charge in [0.2, 0.25) is 0 Å². The highest BCUT2D eigenvalue weighted by Crippen LogP contribution is 2.30. The minimum absolute atomic E-state index is 0.279. The van der Waals surface area contributed by atoms with Gasteiger partial charge in [-0.1, -0.05) is 5.16 Å². The van der Waals surface area contributed by atoms with E-state index in [1.807, 2.05) is 13.8 Å². The number of hydrogen-bond acceptors (Lipinski definition) is 4. The van der Waals surface area contributed by atoms with E-state index in [0.29, 0.717) is 12.0 Å². The Morgan fingerprint density at radius 1 is 1.17 bits per heavy atom. The third kappa shape index (κ3) is 2.92. The summed E-state index contributed by atoms with van der Waals surface area (Å²) in [7, 11) is 0. The van der Waals surface area contributed by atoms with Crippen molar-refractivity contribution in [2.24, 2.45) is 5.92 Å². The summed E-state index contributed by atoms with van der Waals surface area (Å²) in [5.41, 5.74) is 2.21. The molecule has 0 aliphatic carbocycles. The van der Waals surface area contributed by atoms with Gasteiger partial charge in [0.05, 0.1) is 5.69 Å². The number of carbonyl (C=O) groups excluding carboxylic acids is 1. The summed E-state index contributed by atoms with van der Waals surface area (Å²) in [5.74, 6) is 1.52. The molecule has 4 saturated heterocycles. The average Bonchev–Trinajstić information content (AvgIpc) is 3.11. The molecule has 24 heavy (non-hydrogen) atoms. The number of carbonyl (C=O) groups is 1. The largest absolute Gasteiger partial charge is 0.361 e. The van der Waals surface area contributed by atoms with Crippen molar-refractivity contribution in [3.63, 3.8) is 0 Å². The normalized spacial score (nSPS) is 27.8. The molecule has 4 fully saturated rings. The molecule has 4 aliphatic heterocycles. The van der Waals surface area contributed by atoms with Gasteiger partial charge in [-0.25, -0.2) is 4.79 Å². The maximum absolute atomic E-state index is 12.9. The smallest absolute Gasteiger partial charge is 0.320 e. The van der Waals surface area contributed by atoms with Gasteiger partial charge in [-0.2, -0.15) is 0 Å². The third-order valence-electron chi connectivity index (χ3n) is 5.97. The second kappa shape index (κ2) is 6.39. The van der Waals surface area contributed by atoms with Crippen LogP contribution in [0.3, 0.4) is 0 Å². The monoisotopic (exact) mass is 332 g/mol. The average molecular weight is 332 g/mol. The van der Waals surface area contributed by atoms with Crippen molar-refractivity contribution < 1.29 is 9.32 Å². The number of amides is 2. The molecule has 2 bridgehead atoms. The second-order valence-corrected chi connectivity index (χ2v) is 7.72. The zero-order valence-electron chi connectivity index (χ0n) is 14.8. The molecular formula is C18H28N4O2. The molecule has 0 radical (unpaired) electrons. The van der Waals surface area contributed by atoms with Gasteiger partial charge in [0.25, 0.3) is 0 Å². The predicted molar refractivity (Wildman–Crippen MR) is 90.7 cm³/mol. The zero-order chi connectivity index (χ0) is 16.7. The van der Waals surface area contributed by atoms with Gasteiger partial charge in [-0.05, 0) is 45.4 Å². The van der Waals surface area contributed by atoms with E-state index < -0.39 is 0 Å². The SMILES string of the molecule is Cc1noc(C)c1CN1C[C@@H]2CC[C@H](C1)N(C(=O)N1CCCC1)C2. The number of piperidine rings is 1. The maximum atomic E-state index is 12.9. The molecule has 6 nitrogen and oxygen atoms in total. The quantitative estimate of drug-likeness (QED) is 0.834. The van der Waals surface area contributed by atoms with Crippen molar-refractivity contribution in [1.29, 1.82) is 0 Å². The van der Waals surface area contributed by atoms with Crippen LogP contribution in [0.4, 0.5) is 4.79 Å². The van der Waals surface area contributed by atoms with Gasteiger partial charge < -0.3 is 14.3 Å². The van der Waals surface area contributed by atoms with E-state index in [2.05, 4.69) is 19.9 Å². The Balaban J connectivity index is 1.47. The molecule has 0 saturated carbocycles. The Hall–Kier alpha value is -1.56. The van der Waals surface area contributed by atoms with Gasteiger partial charge in [0.15, 0.2) is 0 Å². The first-order valence-corrected chi connectivity index (χ1v) is 9.31. The van der Waals surface area contributed by atoms with Crippen LogP contribution in [0.2, 0.25) is 0 Å². The minimum Gasteiger partial charge on any atom is -0.361 e. The van der Waals surface area contributed by atoms with E-state index in [9.17, 15) is 4.79 Å². The first-order valence-electron chi connectivity index (χ1n) is 9.31. The number of nitrogens with zero attached hydrogens (tertiary/aromatic N) is 4. The molecular weight excluding hydrogens is 304 g/mol. The minimum atomic E-state index is 0.279. The van der Waals surface area contributed by atoms with Crippen molar-refractivity contribution in [1.82, 2.24) is 19.9 Å². The Labute approximate surface area is 143 Å². The number of likely N-dealkylation sites (tertiary alicyclic amines) is 1. The first kappa shape index (κ1) is 15.9. The van der Waals surface area contributed by atoms with Crippen LogP contribution in [0.5, 0.6) is 0 Å². The summed E-state index contributed by atoms with van der Waals surface area (Å²) in [5, 5.41) is 4.08. The molecule has 2 amide bonds. The summed E-state index contributed by atoms with van der Waals surface area (Å²) in [6, 6.07) is 0.638. The van der Waals surface area contributed by atoms with Crippen LogP contribution in [-0.4, -0.2) is 64.7 Å². The fraction of sp³-hybridized carbons (Fsp3) is 0.778. The molecule has 4 aliphatic rings. The van der Waals surface area contributed by atoms with Gasteiger partial charge in [0.1, 0.15) is 5.76 Å². The van der Waals surface area contributed by atoms with Crippen molar-refractivity contribution in [3.05, 3.63) is 17.0 Å². The van der Waals surface area contributed by atoms with Gasteiger partial charge in [-0.15, -0.1) is 0 Å². The lowest BCUT2D eigenvalue weighted by Gasteiger charge is -2.38. The molecule has 6 heteroatoms. The third-order valence-corrected chi connectivity index (χ3v) is 5.97. The van der Waals surface area contributed by atoms with Gasteiger partial charge in [0, 0.05) is 50.9 Å². The molecule has 2 atom stereocenters.